The highest BCUT2D eigenvalue weighted by molar-refractivity contribution is 5.75. The maximum Gasteiger partial charge on any atom is 0.221 e. The van der Waals surface area contributed by atoms with Crippen LogP contribution >= 0.6 is 0 Å². The molecule has 0 aromatic carbocycles. The van der Waals surface area contributed by atoms with E-state index in [9.17, 15) is 4.79 Å². The van der Waals surface area contributed by atoms with E-state index in [1.54, 1.807) is 7.05 Å². The quantitative estimate of drug-likeness (QED) is 0.572. The zero-order valence-corrected chi connectivity index (χ0v) is 7.76. The third kappa shape index (κ3) is 2.46. The Bertz CT molecular complexity index is 156. The first-order valence-corrected chi connectivity index (χ1v) is 4.35. The summed E-state index contributed by atoms with van der Waals surface area (Å²) in [7, 11) is 3.74. The van der Waals surface area contributed by atoms with Gasteiger partial charge in [-0.25, -0.2) is 0 Å². The Labute approximate surface area is 73.3 Å². The summed E-state index contributed by atoms with van der Waals surface area (Å²) < 4.78 is 0. The molecule has 0 atom stereocenters. The average Bonchev–Trinajstić information content (AvgIpc) is 1.97. The molecular weight excluding hydrogens is 154 g/mol. The van der Waals surface area contributed by atoms with Crippen molar-refractivity contribution in [3.63, 3.8) is 0 Å². The average molecular weight is 171 g/mol. The number of hydrogen-bond acceptors (Lipinski definition) is 3. The highest BCUT2D eigenvalue weighted by Gasteiger charge is 2.21. The van der Waals surface area contributed by atoms with E-state index in [0.29, 0.717) is 12.5 Å². The molecule has 0 aromatic rings. The molecule has 12 heavy (non-hydrogen) atoms. The molecule has 0 aliphatic carbocycles. The van der Waals surface area contributed by atoms with Gasteiger partial charge in [0.25, 0.3) is 0 Å². The lowest BCUT2D eigenvalue weighted by molar-refractivity contribution is -0.121. The second kappa shape index (κ2) is 4.42. The molecule has 0 saturated carbocycles. The fourth-order valence-corrected chi connectivity index (χ4v) is 1.17. The van der Waals surface area contributed by atoms with Crippen molar-refractivity contribution >= 4 is 5.91 Å². The molecular formula is C8H17N3O. The van der Waals surface area contributed by atoms with Gasteiger partial charge in [0.1, 0.15) is 0 Å². The topological polar surface area (TPSA) is 44.4 Å². The molecule has 1 saturated heterocycles. The van der Waals surface area contributed by atoms with Crippen molar-refractivity contribution in [1.82, 2.24) is 15.5 Å². The molecule has 1 heterocycles. The SMILES string of the molecule is CNC(=O)CCN(C)C1CNC1. The molecule has 1 rings (SSSR count). The molecule has 0 aromatic heterocycles. The van der Waals surface area contributed by atoms with E-state index < -0.39 is 0 Å². The molecule has 1 fully saturated rings. The summed E-state index contributed by atoms with van der Waals surface area (Å²) in [6.07, 6.45) is 0.601. The predicted molar refractivity (Wildman–Crippen MR) is 48.0 cm³/mol. The van der Waals surface area contributed by atoms with Crippen LogP contribution in [0.25, 0.3) is 0 Å². The standard InChI is InChI=1S/C8H17N3O/c1-9-8(12)3-4-11(2)7-5-10-6-7/h7,10H,3-6H2,1-2H3,(H,9,12). The van der Waals surface area contributed by atoms with Crippen LogP contribution in [0.2, 0.25) is 0 Å². The summed E-state index contributed by atoms with van der Waals surface area (Å²) >= 11 is 0. The lowest BCUT2D eigenvalue weighted by Gasteiger charge is -2.35. The minimum atomic E-state index is 0.120. The van der Waals surface area contributed by atoms with Crippen LogP contribution in [0.15, 0.2) is 0 Å². The van der Waals surface area contributed by atoms with Crippen molar-refractivity contribution in [3.05, 3.63) is 0 Å². The molecule has 0 bridgehead atoms. The molecule has 4 heteroatoms. The van der Waals surface area contributed by atoms with Gasteiger partial charge in [0, 0.05) is 39.1 Å². The Balaban J connectivity index is 2.09. The van der Waals surface area contributed by atoms with Crippen LogP contribution in [-0.2, 0) is 4.79 Å². The third-order valence-electron chi connectivity index (χ3n) is 2.35. The Hall–Kier alpha value is -0.610. The zero-order valence-electron chi connectivity index (χ0n) is 7.76. The number of rotatable bonds is 4. The summed E-state index contributed by atoms with van der Waals surface area (Å²) in [6, 6.07) is 0.634. The van der Waals surface area contributed by atoms with Gasteiger partial charge in [-0.1, -0.05) is 0 Å². The van der Waals surface area contributed by atoms with Gasteiger partial charge in [0.05, 0.1) is 0 Å². The summed E-state index contributed by atoms with van der Waals surface area (Å²) in [5.74, 6) is 0.120. The number of amides is 1. The zero-order chi connectivity index (χ0) is 8.97. The van der Waals surface area contributed by atoms with Gasteiger partial charge in [0.2, 0.25) is 5.91 Å². The number of carbonyl (C=O) groups is 1. The highest BCUT2D eigenvalue weighted by atomic mass is 16.1. The van der Waals surface area contributed by atoms with Crippen LogP contribution in [0.1, 0.15) is 6.42 Å². The van der Waals surface area contributed by atoms with Crippen molar-refractivity contribution < 1.29 is 4.79 Å². The molecule has 0 radical (unpaired) electrons. The molecule has 0 spiro atoms. The largest absolute Gasteiger partial charge is 0.359 e. The van der Waals surface area contributed by atoms with E-state index >= 15 is 0 Å². The van der Waals surface area contributed by atoms with Gasteiger partial charge in [0.15, 0.2) is 0 Å². The van der Waals surface area contributed by atoms with Crippen molar-refractivity contribution in [3.8, 4) is 0 Å². The minimum Gasteiger partial charge on any atom is -0.359 e. The number of nitrogens with one attached hydrogen (secondary N) is 2. The molecule has 1 aliphatic heterocycles. The first-order chi connectivity index (χ1) is 5.74. The Morgan fingerprint density at radius 1 is 1.67 bits per heavy atom. The molecule has 4 nitrogen and oxygen atoms in total. The lowest BCUT2D eigenvalue weighted by Crippen LogP contribution is -2.56. The lowest BCUT2D eigenvalue weighted by atomic mass is 10.1. The van der Waals surface area contributed by atoms with Crippen molar-refractivity contribution in [2.24, 2.45) is 0 Å². The summed E-state index contributed by atoms with van der Waals surface area (Å²) in [5, 5.41) is 5.82. The fraction of sp³-hybridized carbons (Fsp3) is 0.875. The summed E-state index contributed by atoms with van der Waals surface area (Å²) in [5.41, 5.74) is 0. The van der Waals surface area contributed by atoms with Crippen LogP contribution in [-0.4, -0.2) is 50.6 Å². The van der Waals surface area contributed by atoms with E-state index in [-0.39, 0.29) is 5.91 Å². The second-order valence-corrected chi connectivity index (χ2v) is 3.22. The Morgan fingerprint density at radius 2 is 2.33 bits per heavy atom. The normalized spacial score (nSPS) is 17.6. The first kappa shape index (κ1) is 9.48. The van der Waals surface area contributed by atoms with Gasteiger partial charge in [-0.2, -0.15) is 0 Å². The Kier molecular flexibility index (Phi) is 3.49. The number of carbonyl (C=O) groups excluding carboxylic acids is 1. The van der Waals surface area contributed by atoms with Crippen LogP contribution in [0.5, 0.6) is 0 Å². The van der Waals surface area contributed by atoms with E-state index in [1.165, 1.54) is 0 Å². The maximum absolute atomic E-state index is 10.9. The van der Waals surface area contributed by atoms with E-state index in [1.807, 2.05) is 0 Å². The van der Waals surface area contributed by atoms with E-state index in [2.05, 4.69) is 22.6 Å². The van der Waals surface area contributed by atoms with Crippen LogP contribution in [0.3, 0.4) is 0 Å². The third-order valence-corrected chi connectivity index (χ3v) is 2.35. The molecule has 2 N–H and O–H groups in total. The number of nitrogens with zero attached hydrogens (tertiary/aromatic N) is 1. The van der Waals surface area contributed by atoms with E-state index in [4.69, 9.17) is 0 Å². The maximum atomic E-state index is 10.9. The molecule has 0 unspecified atom stereocenters. The van der Waals surface area contributed by atoms with E-state index in [0.717, 1.165) is 19.6 Å². The van der Waals surface area contributed by atoms with Gasteiger partial charge in [-0.05, 0) is 7.05 Å². The van der Waals surface area contributed by atoms with Crippen molar-refractivity contribution in [2.75, 3.05) is 33.7 Å². The fourth-order valence-electron chi connectivity index (χ4n) is 1.17. The van der Waals surface area contributed by atoms with Crippen LogP contribution in [0.4, 0.5) is 0 Å². The Morgan fingerprint density at radius 3 is 2.75 bits per heavy atom. The molecule has 1 amide bonds. The van der Waals surface area contributed by atoms with Crippen molar-refractivity contribution in [1.29, 1.82) is 0 Å². The number of likely N-dealkylation sites (N-methyl/N-ethyl adjacent to an activating group) is 1. The molecule has 1 aliphatic rings. The van der Waals surface area contributed by atoms with Gasteiger partial charge >= 0.3 is 0 Å². The van der Waals surface area contributed by atoms with Crippen LogP contribution in [0, 0.1) is 0 Å². The number of hydrogen-bond donors (Lipinski definition) is 2. The summed E-state index contributed by atoms with van der Waals surface area (Å²) in [6.45, 7) is 2.97. The predicted octanol–water partition coefficient (Wildman–Crippen LogP) is -0.974. The minimum absolute atomic E-state index is 0.120. The molecule has 70 valence electrons. The second-order valence-electron chi connectivity index (χ2n) is 3.22. The summed E-state index contributed by atoms with van der Waals surface area (Å²) in [4.78, 5) is 13.1. The van der Waals surface area contributed by atoms with Crippen molar-refractivity contribution in [2.45, 2.75) is 12.5 Å². The first-order valence-electron chi connectivity index (χ1n) is 4.35. The van der Waals surface area contributed by atoms with Crippen LogP contribution < -0.4 is 10.6 Å². The highest BCUT2D eigenvalue weighted by Crippen LogP contribution is 2.01. The smallest absolute Gasteiger partial charge is 0.221 e. The van der Waals surface area contributed by atoms with Gasteiger partial charge < -0.3 is 15.5 Å². The van der Waals surface area contributed by atoms with Gasteiger partial charge in [-0.15, -0.1) is 0 Å². The van der Waals surface area contributed by atoms with Gasteiger partial charge in [-0.3, -0.25) is 4.79 Å². The monoisotopic (exact) mass is 171 g/mol.